The molecule has 1 saturated carbocycles. The third-order valence-corrected chi connectivity index (χ3v) is 4.39. The molecule has 0 aromatic carbocycles. The van der Waals surface area contributed by atoms with Crippen molar-refractivity contribution >= 4 is 5.97 Å². The van der Waals surface area contributed by atoms with Gasteiger partial charge in [0.1, 0.15) is 0 Å². The fraction of sp³-hybridized carbons (Fsp3) is 0.929. The van der Waals surface area contributed by atoms with Crippen molar-refractivity contribution in [3.05, 3.63) is 0 Å². The monoisotopic (exact) mass is 239 g/mol. The summed E-state index contributed by atoms with van der Waals surface area (Å²) in [7, 11) is 0. The van der Waals surface area contributed by atoms with Crippen molar-refractivity contribution < 1.29 is 9.53 Å². The molecule has 0 N–H and O–H groups in total. The van der Waals surface area contributed by atoms with Crippen molar-refractivity contribution in [2.24, 2.45) is 5.92 Å². The van der Waals surface area contributed by atoms with E-state index in [0.717, 1.165) is 12.0 Å². The number of esters is 1. The SMILES string of the molecule is CCOC(=O)CC(C)N1CCC2CCCCC21. The zero-order valence-electron chi connectivity index (χ0n) is 11.2. The first-order valence-electron chi connectivity index (χ1n) is 7.13. The molecule has 0 amide bonds. The van der Waals surface area contributed by atoms with E-state index in [1.54, 1.807) is 0 Å². The molecule has 0 spiro atoms. The molecule has 3 nitrogen and oxygen atoms in total. The molecule has 1 heterocycles. The second-order valence-corrected chi connectivity index (χ2v) is 5.50. The Kier molecular flexibility index (Phi) is 4.43. The number of likely N-dealkylation sites (tertiary alicyclic amines) is 1. The van der Waals surface area contributed by atoms with Gasteiger partial charge in [-0.1, -0.05) is 12.8 Å². The van der Waals surface area contributed by atoms with Crippen LogP contribution in [0, 0.1) is 5.92 Å². The predicted octanol–water partition coefficient (Wildman–Crippen LogP) is 2.59. The molecule has 3 atom stereocenters. The maximum absolute atomic E-state index is 11.5. The molecule has 0 aromatic rings. The minimum Gasteiger partial charge on any atom is -0.466 e. The molecule has 2 rings (SSSR count). The zero-order chi connectivity index (χ0) is 12.3. The summed E-state index contributed by atoms with van der Waals surface area (Å²) in [6.45, 7) is 5.72. The Bertz CT molecular complexity index is 267. The van der Waals surface area contributed by atoms with Gasteiger partial charge < -0.3 is 4.74 Å². The summed E-state index contributed by atoms with van der Waals surface area (Å²) in [5.41, 5.74) is 0. The maximum Gasteiger partial charge on any atom is 0.307 e. The Labute approximate surface area is 105 Å². The van der Waals surface area contributed by atoms with E-state index < -0.39 is 0 Å². The molecule has 17 heavy (non-hydrogen) atoms. The number of ether oxygens (including phenoxy) is 1. The van der Waals surface area contributed by atoms with E-state index in [1.807, 2.05) is 6.92 Å². The molecule has 98 valence electrons. The number of fused-ring (bicyclic) bond motifs is 1. The van der Waals surface area contributed by atoms with Crippen molar-refractivity contribution in [2.45, 2.75) is 64.5 Å². The van der Waals surface area contributed by atoms with Gasteiger partial charge in [0.15, 0.2) is 0 Å². The van der Waals surface area contributed by atoms with Crippen LogP contribution in [0.4, 0.5) is 0 Å². The first-order chi connectivity index (χ1) is 8.22. The summed E-state index contributed by atoms with van der Waals surface area (Å²) in [5, 5.41) is 0. The summed E-state index contributed by atoms with van der Waals surface area (Å²) < 4.78 is 5.04. The predicted molar refractivity (Wildman–Crippen MR) is 67.8 cm³/mol. The Morgan fingerprint density at radius 1 is 1.35 bits per heavy atom. The van der Waals surface area contributed by atoms with Gasteiger partial charge >= 0.3 is 5.97 Å². The smallest absolute Gasteiger partial charge is 0.307 e. The van der Waals surface area contributed by atoms with Gasteiger partial charge in [-0.15, -0.1) is 0 Å². The highest BCUT2D eigenvalue weighted by Crippen LogP contribution is 2.37. The average Bonchev–Trinajstić information content (AvgIpc) is 2.72. The van der Waals surface area contributed by atoms with Gasteiger partial charge in [0.05, 0.1) is 13.0 Å². The van der Waals surface area contributed by atoms with E-state index in [4.69, 9.17) is 4.74 Å². The number of carbonyl (C=O) groups excluding carboxylic acids is 1. The molecule has 0 aromatic heterocycles. The van der Waals surface area contributed by atoms with Crippen molar-refractivity contribution in [2.75, 3.05) is 13.2 Å². The first-order valence-corrected chi connectivity index (χ1v) is 7.13. The highest BCUT2D eigenvalue weighted by atomic mass is 16.5. The molecular formula is C14H25NO2. The van der Waals surface area contributed by atoms with Crippen LogP contribution in [0.15, 0.2) is 0 Å². The van der Waals surface area contributed by atoms with Crippen LogP contribution in [-0.2, 0) is 9.53 Å². The van der Waals surface area contributed by atoms with Gasteiger partial charge in [0.2, 0.25) is 0 Å². The van der Waals surface area contributed by atoms with Crippen LogP contribution in [0.3, 0.4) is 0 Å². The minimum absolute atomic E-state index is 0.0424. The standard InChI is InChI=1S/C14H25NO2/c1-3-17-14(16)10-11(2)15-9-8-12-6-4-5-7-13(12)15/h11-13H,3-10H2,1-2H3. The normalized spacial score (nSPS) is 30.9. The fourth-order valence-electron chi connectivity index (χ4n) is 3.57. The average molecular weight is 239 g/mol. The van der Waals surface area contributed by atoms with Gasteiger partial charge in [0, 0.05) is 12.1 Å². The molecule has 1 aliphatic heterocycles. The molecule has 1 aliphatic carbocycles. The Morgan fingerprint density at radius 3 is 2.88 bits per heavy atom. The van der Waals surface area contributed by atoms with Crippen LogP contribution in [0.5, 0.6) is 0 Å². The zero-order valence-corrected chi connectivity index (χ0v) is 11.2. The highest BCUT2D eigenvalue weighted by Gasteiger charge is 2.38. The lowest BCUT2D eigenvalue weighted by atomic mass is 9.85. The largest absolute Gasteiger partial charge is 0.466 e. The van der Waals surface area contributed by atoms with E-state index in [-0.39, 0.29) is 5.97 Å². The third kappa shape index (κ3) is 3.01. The van der Waals surface area contributed by atoms with E-state index in [1.165, 1.54) is 38.6 Å². The molecular weight excluding hydrogens is 214 g/mol. The van der Waals surface area contributed by atoms with Crippen LogP contribution in [-0.4, -0.2) is 36.1 Å². The lowest BCUT2D eigenvalue weighted by Gasteiger charge is -2.35. The number of rotatable bonds is 4. The van der Waals surface area contributed by atoms with Crippen LogP contribution >= 0.6 is 0 Å². The van der Waals surface area contributed by atoms with Gasteiger partial charge in [-0.3, -0.25) is 9.69 Å². The molecule has 3 unspecified atom stereocenters. The first kappa shape index (κ1) is 12.9. The van der Waals surface area contributed by atoms with Gasteiger partial charge in [-0.2, -0.15) is 0 Å². The second-order valence-electron chi connectivity index (χ2n) is 5.50. The number of hydrogen-bond acceptors (Lipinski definition) is 3. The Morgan fingerprint density at radius 2 is 2.12 bits per heavy atom. The molecule has 2 fully saturated rings. The lowest BCUT2D eigenvalue weighted by Crippen LogP contribution is -2.41. The highest BCUT2D eigenvalue weighted by molar-refractivity contribution is 5.70. The minimum atomic E-state index is -0.0424. The van der Waals surface area contributed by atoms with Crippen LogP contribution in [0.2, 0.25) is 0 Å². The van der Waals surface area contributed by atoms with Crippen molar-refractivity contribution in [3.8, 4) is 0 Å². The lowest BCUT2D eigenvalue weighted by molar-refractivity contribution is -0.144. The van der Waals surface area contributed by atoms with E-state index in [0.29, 0.717) is 19.1 Å². The summed E-state index contributed by atoms with van der Waals surface area (Å²) in [5.74, 6) is 0.854. The van der Waals surface area contributed by atoms with Crippen molar-refractivity contribution in [1.29, 1.82) is 0 Å². The summed E-state index contributed by atoms with van der Waals surface area (Å²) in [6.07, 6.45) is 7.38. The van der Waals surface area contributed by atoms with E-state index in [2.05, 4.69) is 11.8 Å². The Balaban J connectivity index is 1.86. The topological polar surface area (TPSA) is 29.5 Å². The number of hydrogen-bond donors (Lipinski definition) is 0. The van der Waals surface area contributed by atoms with Crippen LogP contribution in [0.25, 0.3) is 0 Å². The van der Waals surface area contributed by atoms with Gasteiger partial charge in [-0.05, 0) is 45.6 Å². The van der Waals surface area contributed by atoms with Gasteiger partial charge in [-0.25, -0.2) is 0 Å². The molecule has 0 bridgehead atoms. The number of nitrogens with zero attached hydrogens (tertiary/aromatic N) is 1. The second kappa shape index (κ2) is 5.85. The van der Waals surface area contributed by atoms with E-state index in [9.17, 15) is 4.79 Å². The molecule has 1 saturated heterocycles. The van der Waals surface area contributed by atoms with E-state index >= 15 is 0 Å². The number of carbonyl (C=O) groups is 1. The third-order valence-electron chi connectivity index (χ3n) is 4.39. The van der Waals surface area contributed by atoms with Crippen molar-refractivity contribution in [1.82, 2.24) is 4.90 Å². The fourth-order valence-corrected chi connectivity index (χ4v) is 3.57. The van der Waals surface area contributed by atoms with Crippen LogP contribution < -0.4 is 0 Å². The maximum atomic E-state index is 11.5. The summed E-state index contributed by atoms with van der Waals surface area (Å²) >= 11 is 0. The summed E-state index contributed by atoms with van der Waals surface area (Å²) in [6, 6.07) is 1.09. The molecule has 3 heteroatoms. The quantitative estimate of drug-likeness (QED) is 0.706. The van der Waals surface area contributed by atoms with Crippen LogP contribution in [0.1, 0.15) is 52.4 Å². The molecule has 0 radical (unpaired) electrons. The van der Waals surface area contributed by atoms with Crippen molar-refractivity contribution in [3.63, 3.8) is 0 Å². The summed E-state index contributed by atoms with van der Waals surface area (Å²) in [4.78, 5) is 14.1. The molecule has 2 aliphatic rings. The Hall–Kier alpha value is -0.570. The van der Waals surface area contributed by atoms with Gasteiger partial charge in [0.25, 0.3) is 0 Å².